The zero-order valence-electron chi connectivity index (χ0n) is 23.3. The first-order valence-electron chi connectivity index (χ1n) is 14.1. The molecule has 0 spiro atoms. The van der Waals surface area contributed by atoms with Crippen molar-refractivity contribution >= 4 is 33.0 Å². The summed E-state index contributed by atoms with van der Waals surface area (Å²) in [5, 5.41) is 0.886. The van der Waals surface area contributed by atoms with Gasteiger partial charge in [0, 0.05) is 42.1 Å². The molecule has 2 heterocycles. The van der Waals surface area contributed by atoms with E-state index in [-0.39, 0.29) is 41.3 Å². The van der Waals surface area contributed by atoms with E-state index in [9.17, 15) is 22.4 Å². The van der Waals surface area contributed by atoms with Crippen LogP contribution in [-0.2, 0) is 31.3 Å². The first kappa shape index (κ1) is 29.1. The van der Waals surface area contributed by atoms with Crippen LogP contribution in [0, 0.1) is 11.7 Å². The predicted molar refractivity (Wildman–Crippen MR) is 152 cm³/mol. The number of nitrogens with one attached hydrogen (secondary N) is 1. The second kappa shape index (κ2) is 12.2. The number of nitrogens with zero attached hydrogens (tertiary/aromatic N) is 2. The molecule has 0 bridgehead atoms. The molecular weight excluding hydrogens is 549 g/mol. The van der Waals surface area contributed by atoms with Crippen LogP contribution in [0.5, 0.6) is 0 Å². The van der Waals surface area contributed by atoms with Crippen molar-refractivity contribution in [1.82, 2.24) is 14.2 Å². The van der Waals surface area contributed by atoms with Crippen LogP contribution in [-0.4, -0.2) is 61.8 Å². The second-order valence-electron chi connectivity index (χ2n) is 10.8. The third-order valence-electron chi connectivity index (χ3n) is 8.08. The van der Waals surface area contributed by atoms with E-state index in [2.05, 4.69) is 4.72 Å². The second-order valence-corrected chi connectivity index (χ2v) is 12.5. The summed E-state index contributed by atoms with van der Waals surface area (Å²) in [5.74, 6) is -0.456. The first-order chi connectivity index (χ1) is 19.6. The van der Waals surface area contributed by atoms with Gasteiger partial charge >= 0.3 is 6.16 Å². The minimum Gasteiger partial charge on any atom is -0.435 e. The lowest BCUT2D eigenvalue weighted by atomic mass is 9.85. The molecule has 9 nitrogen and oxygen atoms in total. The number of carbonyl (C=O) groups excluding carboxylic acids is 2. The Kier molecular flexibility index (Phi) is 8.65. The van der Waals surface area contributed by atoms with Gasteiger partial charge in [0.1, 0.15) is 11.9 Å². The Morgan fingerprint density at radius 2 is 1.76 bits per heavy atom. The number of aromatic nitrogens is 1. The van der Waals surface area contributed by atoms with E-state index >= 15 is 0 Å². The molecule has 5 rings (SSSR count). The molecule has 1 saturated carbocycles. The smallest absolute Gasteiger partial charge is 0.435 e. The fraction of sp³-hybridized carbons (Fsp3) is 0.467. The van der Waals surface area contributed by atoms with Gasteiger partial charge in [0.25, 0.3) is 0 Å². The third-order valence-corrected chi connectivity index (χ3v) is 9.60. The molecule has 220 valence electrons. The minimum absolute atomic E-state index is 0.0367. The molecule has 2 aromatic carbocycles. The Labute approximate surface area is 239 Å². The Bertz CT molecular complexity index is 1510. The maximum atomic E-state index is 13.4. The van der Waals surface area contributed by atoms with E-state index in [0.29, 0.717) is 45.2 Å². The number of hydrogen-bond donors (Lipinski definition) is 1. The Balaban J connectivity index is 1.19. The van der Waals surface area contributed by atoms with Crippen molar-refractivity contribution in [2.75, 3.05) is 19.7 Å². The van der Waals surface area contributed by atoms with Gasteiger partial charge in [-0.25, -0.2) is 22.3 Å². The summed E-state index contributed by atoms with van der Waals surface area (Å²) >= 11 is 0. The van der Waals surface area contributed by atoms with Crippen LogP contribution in [0.25, 0.3) is 22.2 Å². The van der Waals surface area contributed by atoms with Crippen LogP contribution < -0.4 is 4.72 Å². The van der Waals surface area contributed by atoms with Crippen molar-refractivity contribution in [3.63, 3.8) is 0 Å². The lowest BCUT2D eigenvalue weighted by Crippen LogP contribution is -2.47. The molecule has 1 aliphatic heterocycles. The number of benzene rings is 2. The maximum Gasteiger partial charge on any atom is 0.508 e. The molecule has 3 aromatic rings. The number of halogens is 1. The highest BCUT2D eigenvalue weighted by atomic mass is 32.2. The van der Waals surface area contributed by atoms with Crippen LogP contribution in [0.15, 0.2) is 53.4 Å². The van der Waals surface area contributed by atoms with Crippen LogP contribution in [0.3, 0.4) is 0 Å². The highest BCUT2D eigenvalue weighted by molar-refractivity contribution is 7.89. The van der Waals surface area contributed by atoms with Gasteiger partial charge in [-0.2, -0.15) is 0 Å². The number of hydrogen-bond acceptors (Lipinski definition) is 6. The van der Waals surface area contributed by atoms with Gasteiger partial charge in [-0.05, 0) is 93.5 Å². The van der Waals surface area contributed by atoms with E-state index in [4.69, 9.17) is 9.47 Å². The number of rotatable bonds is 7. The monoisotopic (exact) mass is 585 g/mol. The quantitative estimate of drug-likeness (QED) is 0.392. The Hall–Kier alpha value is -3.44. The number of likely N-dealkylation sites (tertiary alicyclic amines) is 1. The first-order valence-corrected chi connectivity index (χ1v) is 15.6. The topological polar surface area (TPSA) is 107 Å². The predicted octanol–water partition coefficient (Wildman–Crippen LogP) is 4.99. The number of aryl methyl sites for hydroxylation is 1. The molecule has 1 aliphatic carbocycles. The number of amides is 1. The number of fused-ring (bicyclic) bond motifs is 1. The van der Waals surface area contributed by atoms with Gasteiger partial charge < -0.3 is 18.9 Å². The summed E-state index contributed by atoms with van der Waals surface area (Å²) in [6.45, 7) is 2.93. The van der Waals surface area contributed by atoms with Gasteiger partial charge in [-0.1, -0.05) is 6.07 Å². The van der Waals surface area contributed by atoms with E-state index in [1.165, 1.54) is 12.1 Å². The molecule has 1 amide bonds. The van der Waals surface area contributed by atoms with Crippen LogP contribution in [0.2, 0.25) is 0 Å². The van der Waals surface area contributed by atoms with Crippen molar-refractivity contribution < 1.29 is 31.9 Å². The van der Waals surface area contributed by atoms with Crippen molar-refractivity contribution in [3.05, 3.63) is 54.3 Å². The van der Waals surface area contributed by atoms with E-state index in [1.54, 1.807) is 42.2 Å². The minimum atomic E-state index is -3.78. The fourth-order valence-corrected chi connectivity index (χ4v) is 7.23. The summed E-state index contributed by atoms with van der Waals surface area (Å²) in [4.78, 5) is 26.8. The van der Waals surface area contributed by atoms with Crippen molar-refractivity contribution in [2.24, 2.45) is 13.0 Å². The molecule has 1 unspecified atom stereocenters. The zero-order chi connectivity index (χ0) is 29.1. The third kappa shape index (κ3) is 6.56. The molecule has 0 radical (unpaired) electrons. The van der Waals surface area contributed by atoms with Crippen molar-refractivity contribution in [3.8, 4) is 11.3 Å². The molecular formula is C30H36FN3O6S. The standard InChI is InChI=1S/C30H36FN3O6S/c1-3-39-30(36)40-25-5-4-16-34(19-25)29(35)21-8-13-24(14-9-21)32-41(37,38)26-15-10-22-17-27(33(2)28(22)18-26)20-6-11-23(31)12-7-20/h6-7,10-12,15,17-18,21,24-25,32H,3-5,8-9,13-14,16,19H2,1-2H3/t21-,24-,25?. The summed E-state index contributed by atoms with van der Waals surface area (Å²) in [6.07, 6.45) is 2.66. The van der Waals surface area contributed by atoms with Crippen LogP contribution in [0.4, 0.5) is 9.18 Å². The molecule has 1 atom stereocenters. The largest absolute Gasteiger partial charge is 0.508 e. The summed E-state index contributed by atoms with van der Waals surface area (Å²) < 4.78 is 54.9. The van der Waals surface area contributed by atoms with E-state index in [0.717, 1.165) is 28.6 Å². The molecule has 2 fully saturated rings. The normalized spacial score (nSPS) is 21.5. The summed E-state index contributed by atoms with van der Waals surface area (Å²) in [7, 11) is -1.92. The van der Waals surface area contributed by atoms with Crippen molar-refractivity contribution in [2.45, 2.75) is 62.5 Å². The average molecular weight is 586 g/mol. The number of carbonyl (C=O) groups is 2. The SMILES string of the molecule is CCOC(=O)OC1CCCN(C(=O)[C@H]2CC[C@H](NS(=O)(=O)c3ccc4cc(-c5ccc(F)cc5)n(C)c4c3)CC2)C1. The van der Waals surface area contributed by atoms with Crippen LogP contribution in [0.1, 0.15) is 45.4 Å². The molecule has 1 aromatic heterocycles. The molecule has 1 N–H and O–H groups in total. The van der Waals surface area contributed by atoms with Gasteiger partial charge in [0.2, 0.25) is 15.9 Å². The van der Waals surface area contributed by atoms with Crippen LogP contribution >= 0.6 is 0 Å². The lowest BCUT2D eigenvalue weighted by molar-refractivity contribution is -0.140. The average Bonchev–Trinajstić information content (AvgIpc) is 3.29. The number of piperidine rings is 1. The highest BCUT2D eigenvalue weighted by Gasteiger charge is 2.34. The van der Waals surface area contributed by atoms with Crippen molar-refractivity contribution in [1.29, 1.82) is 0 Å². The highest BCUT2D eigenvalue weighted by Crippen LogP contribution is 2.31. The fourth-order valence-electron chi connectivity index (χ4n) is 5.90. The van der Waals surface area contributed by atoms with Gasteiger partial charge in [-0.3, -0.25) is 4.79 Å². The molecule has 11 heteroatoms. The number of sulfonamides is 1. The molecule has 1 saturated heterocycles. The van der Waals surface area contributed by atoms with E-state index in [1.807, 2.05) is 17.7 Å². The van der Waals surface area contributed by atoms with E-state index < -0.39 is 16.2 Å². The maximum absolute atomic E-state index is 13.4. The Morgan fingerprint density at radius 3 is 2.46 bits per heavy atom. The zero-order valence-corrected chi connectivity index (χ0v) is 24.2. The van der Waals surface area contributed by atoms with Gasteiger partial charge in [-0.15, -0.1) is 0 Å². The summed E-state index contributed by atoms with van der Waals surface area (Å²) in [5.41, 5.74) is 2.46. The Morgan fingerprint density at radius 1 is 1.02 bits per heavy atom. The summed E-state index contributed by atoms with van der Waals surface area (Å²) in [6, 6.07) is 12.9. The lowest BCUT2D eigenvalue weighted by Gasteiger charge is -2.36. The number of ether oxygens (including phenoxy) is 2. The molecule has 2 aliphatic rings. The molecule has 41 heavy (non-hydrogen) atoms. The van der Waals surface area contributed by atoms with Gasteiger partial charge in [0.15, 0.2) is 0 Å². The van der Waals surface area contributed by atoms with Gasteiger partial charge in [0.05, 0.1) is 18.0 Å².